The summed E-state index contributed by atoms with van der Waals surface area (Å²) in [5.74, 6) is 4.49. The topological polar surface area (TPSA) is 88.3 Å². The van der Waals surface area contributed by atoms with Gasteiger partial charge in [0.2, 0.25) is 6.39 Å². The Hall–Kier alpha value is -2.72. The highest BCUT2D eigenvalue weighted by atomic mass is 19.1. The van der Waals surface area contributed by atoms with Crippen LogP contribution in [0.1, 0.15) is 28.2 Å². The lowest BCUT2D eigenvalue weighted by Gasteiger charge is -2.03. The normalized spacial score (nSPS) is 9.81. The Morgan fingerprint density at radius 1 is 1.48 bits per heavy atom. The third kappa shape index (κ3) is 4.12. The van der Waals surface area contributed by atoms with Crippen LogP contribution in [0.15, 0.2) is 29.1 Å². The zero-order valence-electron chi connectivity index (χ0n) is 11.0. The van der Waals surface area contributed by atoms with Gasteiger partial charge >= 0.3 is 0 Å². The molecule has 108 valence electrons. The molecular weight excluding hydrogens is 277 g/mol. The van der Waals surface area contributed by atoms with Gasteiger partial charge in [-0.2, -0.15) is 4.98 Å². The highest BCUT2D eigenvalue weighted by molar-refractivity contribution is 5.94. The first-order chi connectivity index (χ1) is 10.2. The largest absolute Gasteiger partial charge is 0.395 e. The second kappa shape index (κ2) is 7.17. The molecule has 2 N–H and O–H groups in total. The van der Waals surface area contributed by atoms with Crippen LogP contribution in [0.3, 0.4) is 0 Å². The van der Waals surface area contributed by atoms with E-state index in [-0.39, 0.29) is 30.7 Å². The molecule has 0 atom stereocenters. The Balaban J connectivity index is 2.02. The van der Waals surface area contributed by atoms with Gasteiger partial charge in [0.1, 0.15) is 5.82 Å². The first-order valence-electron chi connectivity index (χ1n) is 6.13. The van der Waals surface area contributed by atoms with Crippen molar-refractivity contribution >= 4 is 5.91 Å². The number of nitrogens with zero attached hydrogens (tertiary/aromatic N) is 2. The van der Waals surface area contributed by atoms with E-state index >= 15 is 0 Å². The van der Waals surface area contributed by atoms with Gasteiger partial charge < -0.3 is 14.9 Å². The maximum atomic E-state index is 13.8. The summed E-state index contributed by atoms with van der Waals surface area (Å²) >= 11 is 0. The van der Waals surface area contributed by atoms with Crippen LogP contribution < -0.4 is 5.32 Å². The molecule has 1 amide bonds. The molecule has 0 bridgehead atoms. The molecule has 6 nitrogen and oxygen atoms in total. The van der Waals surface area contributed by atoms with Crippen molar-refractivity contribution in [2.45, 2.75) is 13.0 Å². The smallest absolute Gasteiger partial charge is 0.251 e. The third-order valence-corrected chi connectivity index (χ3v) is 2.51. The summed E-state index contributed by atoms with van der Waals surface area (Å²) in [5.41, 5.74) is 0.349. The third-order valence-electron chi connectivity index (χ3n) is 2.51. The molecule has 1 heterocycles. The highest BCUT2D eigenvalue weighted by Gasteiger charge is 2.09. The van der Waals surface area contributed by atoms with E-state index in [1.54, 1.807) is 0 Å². The fourth-order valence-corrected chi connectivity index (χ4v) is 1.50. The Morgan fingerprint density at radius 2 is 2.33 bits per heavy atom. The van der Waals surface area contributed by atoms with E-state index in [4.69, 9.17) is 5.11 Å². The number of carbonyl (C=O) groups is 1. The molecule has 0 saturated heterocycles. The van der Waals surface area contributed by atoms with Gasteiger partial charge in [0, 0.05) is 12.0 Å². The van der Waals surface area contributed by atoms with Gasteiger partial charge in [0.25, 0.3) is 5.91 Å². The molecule has 0 saturated carbocycles. The molecule has 2 rings (SSSR count). The number of carbonyl (C=O) groups excluding carboxylic acids is 1. The number of benzene rings is 1. The van der Waals surface area contributed by atoms with E-state index in [1.807, 2.05) is 0 Å². The second-order valence-electron chi connectivity index (χ2n) is 4.00. The molecule has 0 aliphatic rings. The molecule has 0 aliphatic heterocycles. The van der Waals surface area contributed by atoms with E-state index in [0.29, 0.717) is 5.82 Å². The van der Waals surface area contributed by atoms with E-state index in [2.05, 4.69) is 31.8 Å². The molecule has 0 radical (unpaired) electrons. The zero-order valence-corrected chi connectivity index (χ0v) is 11.0. The molecule has 0 fully saturated rings. The van der Waals surface area contributed by atoms with E-state index in [1.165, 1.54) is 12.1 Å². The van der Waals surface area contributed by atoms with Crippen LogP contribution in [0.4, 0.5) is 4.39 Å². The van der Waals surface area contributed by atoms with Crippen molar-refractivity contribution in [2.75, 3.05) is 6.61 Å². The van der Waals surface area contributed by atoms with Crippen LogP contribution in [0, 0.1) is 17.7 Å². The molecule has 0 unspecified atom stereocenters. The van der Waals surface area contributed by atoms with Gasteiger partial charge in [-0.1, -0.05) is 17.0 Å². The molecule has 0 aliphatic carbocycles. The van der Waals surface area contributed by atoms with Gasteiger partial charge in [-0.15, -0.1) is 0 Å². The Bertz CT molecular complexity index is 675. The van der Waals surface area contributed by atoms with Gasteiger partial charge in [-0.05, 0) is 18.2 Å². The fourth-order valence-electron chi connectivity index (χ4n) is 1.50. The minimum atomic E-state index is -0.590. The number of amides is 1. The summed E-state index contributed by atoms with van der Waals surface area (Å²) in [7, 11) is 0. The minimum Gasteiger partial charge on any atom is -0.395 e. The number of rotatable bonds is 4. The summed E-state index contributed by atoms with van der Waals surface area (Å²) in [4.78, 5) is 15.6. The van der Waals surface area contributed by atoms with Crippen molar-refractivity contribution < 1.29 is 18.8 Å². The van der Waals surface area contributed by atoms with Crippen LogP contribution in [0.2, 0.25) is 0 Å². The summed E-state index contributed by atoms with van der Waals surface area (Å²) < 4.78 is 18.3. The van der Waals surface area contributed by atoms with Crippen LogP contribution in [0.25, 0.3) is 0 Å². The van der Waals surface area contributed by atoms with E-state index in [9.17, 15) is 9.18 Å². The second-order valence-corrected chi connectivity index (χ2v) is 4.00. The molecular formula is C14H12FN3O3. The quantitative estimate of drug-likeness (QED) is 0.815. The lowest BCUT2D eigenvalue weighted by atomic mass is 10.1. The average Bonchev–Trinajstić information content (AvgIpc) is 3.00. The summed E-state index contributed by atoms with van der Waals surface area (Å²) in [5, 5.41) is 14.7. The molecule has 0 spiro atoms. The SMILES string of the molecule is O=C(NCc1ncon1)c1ccc(C#CCCO)c(F)c1. The number of nitrogens with one attached hydrogen (secondary N) is 1. The minimum absolute atomic E-state index is 0.0782. The molecule has 2 aromatic rings. The number of aliphatic hydroxyl groups excluding tert-OH is 1. The number of aromatic nitrogens is 2. The van der Waals surface area contributed by atoms with E-state index < -0.39 is 11.7 Å². The van der Waals surface area contributed by atoms with Gasteiger partial charge in [-0.3, -0.25) is 4.79 Å². The van der Waals surface area contributed by atoms with Gasteiger partial charge in [0.15, 0.2) is 5.82 Å². The maximum absolute atomic E-state index is 13.8. The standard InChI is InChI=1S/C14H12FN3O3/c15-12-7-11(5-4-10(12)3-1-2-6-19)14(20)16-8-13-17-9-21-18-13/h4-5,7,9,19H,2,6,8H2,(H,16,20). The number of hydrogen-bond acceptors (Lipinski definition) is 5. The van der Waals surface area contributed by atoms with Crippen LogP contribution in [-0.4, -0.2) is 27.8 Å². The molecule has 1 aromatic carbocycles. The van der Waals surface area contributed by atoms with Crippen molar-refractivity contribution in [3.05, 3.63) is 47.4 Å². The summed E-state index contributed by atoms with van der Waals surface area (Å²) in [6.45, 7) is 0.0141. The van der Waals surface area contributed by atoms with Crippen LogP contribution in [-0.2, 0) is 6.54 Å². The number of halogens is 1. The highest BCUT2D eigenvalue weighted by Crippen LogP contribution is 2.09. The Labute approximate surface area is 120 Å². The van der Waals surface area contributed by atoms with Crippen LogP contribution >= 0.6 is 0 Å². The summed E-state index contributed by atoms with van der Waals surface area (Å²) in [6, 6.07) is 4.00. The molecule has 1 aromatic heterocycles. The van der Waals surface area contributed by atoms with Gasteiger partial charge in [-0.25, -0.2) is 4.39 Å². The first kappa shape index (κ1) is 14.7. The predicted molar refractivity (Wildman–Crippen MR) is 70.4 cm³/mol. The van der Waals surface area contributed by atoms with Crippen molar-refractivity contribution in [1.82, 2.24) is 15.5 Å². The van der Waals surface area contributed by atoms with Crippen molar-refractivity contribution in [2.24, 2.45) is 0 Å². The first-order valence-corrected chi connectivity index (χ1v) is 6.13. The number of aliphatic hydroxyl groups is 1. The predicted octanol–water partition coefficient (Wildman–Crippen LogP) is 0.873. The van der Waals surface area contributed by atoms with Crippen molar-refractivity contribution in [1.29, 1.82) is 0 Å². The van der Waals surface area contributed by atoms with Crippen LogP contribution in [0.5, 0.6) is 0 Å². The van der Waals surface area contributed by atoms with Gasteiger partial charge in [0.05, 0.1) is 18.7 Å². The summed E-state index contributed by atoms with van der Waals surface area (Å²) in [6.07, 6.45) is 1.42. The Morgan fingerprint density at radius 3 is 3.00 bits per heavy atom. The monoisotopic (exact) mass is 289 g/mol. The lowest BCUT2D eigenvalue weighted by molar-refractivity contribution is 0.0949. The molecule has 21 heavy (non-hydrogen) atoms. The molecule has 7 heteroatoms. The van der Waals surface area contributed by atoms with Crippen molar-refractivity contribution in [3.63, 3.8) is 0 Å². The number of hydrogen-bond donors (Lipinski definition) is 2. The van der Waals surface area contributed by atoms with E-state index in [0.717, 1.165) is 12.5 Å². The fraction of sp³-hybridized carbons (Fsp3) is 0.214. The van der Waals surface area contributed by atoms with Crippen molar-refractivity contribution in [3.8, 4) is 11.8 Å². The maximum Gasteiger partial charge on any atom is 0.251 e. The Kier molecular flexibility index (Phi) is 5.01. The zero-order chi connectivity index (χ0) is 15.1. The average molecular weight is 289 g/mol. The lowest BCUT2D eigenvalue weighted by Crippen LogP contribution is -2.23.